The molecular formula is C19H16ClN5O3. The zero-order chi connectivity index (χ0) is 19.7. The van der Waals surface area contributed by atoms with E-state index in [1.165, 1.54) is 4.68 Å². The molecule has 4 aromatic rings. The molecule has 0 saturated heterocycles. The minimum Gasteiger partial charge on any atom is -0.466 e. The summed E-state index contributed by atoms with van der Waals surface area (Å²) in [6.45, 7) is 2.09. The van der Waals surface area contributed by atoms with Crippen LogP contribution in [0.2, 0.25) is 5.02 Å². The van der Waals surface area contributed by atoms with Crippen LogP contribution >= 0.6 is 11.6 Å². The largest absolute Gasteiger partial charge is 0.466 e. The van der Waals surface area contributed by atoms with Crippen molar-refractivity contribution in [2.75, 3.05) is 6.61 Å². The number of esters is 1. The van der Waals surface area contributed by atoms with Crippen molar-refractivity contribution in [1.82, 2.24) is 24.4 Å². The molecule has 3 heterocycles. The van der Waals surface area contributed by atoms with E-state index in [2.05, 4.69) is 15.2 Å². The van der Waals surface area contributed by atoms with Gasteiger partial charge in [-0.05, 0) is 25.1 Å². The molecule has 0 fully saturated rings. The summed E-state index contributed by atoms with van der Waals surface area (Å²) in [7, 11) is 0. The molecule has 8 nitrogen and oxygen atoms in total. The number of aromatic nitrogens is 5. The van der Waals surface area contributed by atoms with Crippen LogP contribution in [0.25, 0.3) is 16.4 Å². The maximum Gasteiger partial charge on any atom is 0.311 e. The van der Waals surface area contributed by atoms with Gasteiger partial charge in [0.15, 0.2) is 11.5 Å². The summed E-state index contributed by atoms with van der Waals surface area (Å²) >= 11 is 5.97. The van der Waals surface area contributed by atoms with Crippen LogP contribution in [0.15, 0.2) is 47.4 Å². The molecule has 0 aliphatic heterocycles. The molecule has 0 bridgehead atoms. The van der Waals surface area contributed by atoms with Gasteiger partial charge in [0.25, 0.3) is 5.56 Å². The molecule has 4 rings (SSSR count). The summed E-state index contributed by atoms with van der Waals surface area (Å²) in [6.07, 6.45) is 1.61. The Morgan fingerprint density at radius 3 is 2.71 bits per heavy atom. The van der Waals surface area contributed by atoms with Gasteiger partial charge in [-0.2, -0.15) is 5.10 Å². The SMILES string of the molecule is CCOC(=O)Cc1nn(Cc2nc3ccc(Cl)cn3n2)c(=O)c2ccccc12. The van der Waals surface area contributed by atoms with Crippen molar-refractivity contribution in [1.29, 1.82) is 0 Å². The van der Waals surface area contributed by atoms with E-state index in [0.29, 0.717) is 33.0 Å². The van der Waals surface area contributed by atoms with E-state index in [1.807, 2.05) is 0 Å². The smallest absolute Gasteiger partial charge is 0.311 e. The first-order chi connectivity index (χ1) is 13.5. The summed E-state index contributed by atoms with van der Waals surface area (Å²) in [6, 6.07) is 10.5. The molecule has 0 N–H and O–H groups in total. The van der Waals surface area contributed by atoms with Gasteiger partial charge < -0.3 is 4.74 Å². The molecular weight excluding hydrogens is 382 g/mol. The van der Waals surface area contributed by atoms with Crippen LogP contribution in [0.5, 0.6) is 0 Å². The topological polar surface area (TPSA) is 91.4 Å². The van der Waals surface area contributed by atoms with E-state index in [1.54, 1.807) is 54.0 Å². The van der Waals surface area contributed by atoms with Crippen LogP contribution < -0.4 is 5.56 Å². The molecule has 0 radical (unpaired) electrons. The number of nitrogens with zero attached hydrogens (tertiary/aromatic N) is 5. The quantitative estimate of drug-likeness (QED) is 0.480. The highest BCUT2D eigenvalue weighted by molar-refractivity contribution is 6.30. The van der Waals surface area contributed by atoms with Crippen molar-refractivity contribution >= 4 is 34.0 Å². The highest BCUT2D eigenvalue weighted by Gasteiger charge is 2.15. The van der Waals surface area contributed by atoms with E-state index >= 15 is 0 Å². The molecule has 0 spiro atoms. The summed E-state index contributed by atoms with van der Waals surface area (Å²) in [5.41, 5.74) is 0.806. The fraction of sp³-hybridized carbons (Fsp3) is 0.211. The third kappa shape index (κ3) is 3.46. The van der Waals surface area contributed by atoms with E-state index in [-0.39, 0.29) is 25.1 Å². The van der Waals surface area contributed by atoms with Gasteiger partial charge in [0.1, 0.15) is 6.54 Å². The summed E-state index contributed by atoms with van der Waals surface area (Å²) < 4.78 is 7.84. The number of halogens is 1. The average Bonchev–Trinajstić information content (AvgIpc) is 3.07. The number of pyridine rings is 1. The maximum absolute atomic E-state index is 12.9. The number of carbonyl (C=O) groups excluding carboxylic acids is 1. The van der Waals surface area contributed by atoms with Crippen molar-refractivity contribution in [3.8, 4) is 0 Å². The van der Waals surface area contributed by atoms with Gasteiger partial charge in [0.2, 0.25) is 0 Å². The lowest BCUT2D eigenvalue weighted by Gasteiger charge is -2.09. The van der Waals surface area contributed by atoms with Gasteiger partial charge >= 0.3 is 5.97 Å². The second-order valence-electron chi connectivity index (χ2n) is 6.11. The zero-order valence-corrected chi connectivity index (χ0v) is 15.8. The number of ether oxygens (including phenoxy) is 1. The van der Waals surface area contributed by atoms with E-state index in [4.69, 9.17) is 16.3 Å². The highest BCUT2D eigenvalue weighted by atomic mass is 35.5. The predicted molar refractivity (Wildman–Crippen MR) is 103 cm³/mol. The van der Waals surface area contributed by atoms with Gasteiger partial charge in [0, 0.05) is 11.6 Å². The molecule has 0 aliphatic rings. The monoisotopic (exact) mass is 397 g/mol. The molecule has 1 aromatic carbocycles. The Labute approximate surface area is 164 Å². The minimum atomic E-state index is -0.397. The lowest BCUT2D eigenvalue weighted by Crippen LogP contribution is -2.26. The van der Waals surface area contributed by atoms with Gasteiger partial charge in [-0.15, -0.1) is 5.10 Å². The molecule has 142 valence electrons. The van der Waals surface area contributed by atoms with Crippen LogP contribution in [0.3, 0.4) is 0 Å². The molecule has 0 unspecified atom stereocenters. The molecule has 0 aliphatic carbocycles. The van der Waals surface area contributed by atoms with E-state index in [0.717, 1.165) is 0 Å². The molecule has 9 heteroatoms. The standard InChI is InChI=1S/C19H16ClN5O3/c1-2-28-18(26)9-15-13-5-3-4-6-14(13)19(27)25(22-15)11-16-21-17-8-7-12(20)10-24(17)23-16/h3-8,10H,2,9,11H2,1H3. The second kappa shape index (κ2) is 7.40. The van der Waals surface area contributed by atoms with Crippen molar-refractivity contribution < 1.29 is 9.53 Å². The Morgan fingerprint density at radius 2 is 1.93 bits per heavy atom. The zero-order valence-electron chi connectivity index (χ0n) is 15.0. The van der Waals surface area contributed by atoms with Crippen LogP contribution in [0, 0.1) is 0 Å². The Hall–Kier alpha value is -3.26. The van der Waals surface area contributed by atoms with Crippen LogP contribution in [0.1, 0.15) is 18.4 Å². The summed E-state index contributed by atoms with van der Waals surface area (Å²) in [5.74, 6) is 0.0140. The molecule has 0 atom stereocenters. The Kier molecular flexibility index (Phi) is 4.79. The van der Waals surface area contributed by atoms with E-state index < -0.39 is 5.97 Å². The van der Waals surface area contributed by atoms with Crippen molar-refractivity contribution in [3.05, 3.63) is 69.5 Å². The van der Waals surface area contributed by atoms with Crippen LogP contribution in [-0.4, -0.2) is 37.0 Å². The van der Waals surface area contributed by atoms with Gasteiger partial charge in [0.05, 0.1) is 29.1 Å². The third-order valence-electron chi connectivity index (χ3n) is 4.19. The minimum absolute atomic E-state index is 0.0250. The first-order valence-corrected chi connectivity index (χ1v) is 9.08. The second-order valence-corrected chi connectivity index (χ2v) is 6.55. The Bertz CT molecular complexity index is 1250. The van der Waals surface area contributed by atoms with Gasteiger partial charge in [-0.1, -0.05) is 29.8 Å². The van der Waals surface area contributed by atoms with Crippen molar-refractivity contribution in [2.24, 2.45) is 0 Å². The first-order valence-electron chi connectivity index (χ1n) is 8.70. The number of rotatable bonds is 5. The van der Waals surface area contributed by atoms with Crippen molar-refractivity contribution in [3.63, 3.8) is 0 Å². The fourth-order valence-electron chi connectivity index (χ4n) is 3.00. The third-order valence-corrected chi connectivity index (χ3v) is 4.41. The van der Waals surface area contributed by atoms with Gasteiger partial charge in [-0.25, -0.2) is 14.2 Å². The van der Waals surface area contributed by atoms with E-state index in [9.17, 15) is 9.59 Å². The van der Waals surface area contributed by atoms with Gasteiger partial charge in [-0.3, -0.25) is 9.59 Å². The number of hydrogen-bond acceptors (Lipinski definition) is 6. The number of benzene rings is 1. The molecule has 0 saturated carbocycles. The highest BCUT2D eigenvalue weighted by Crippen LogP contribution is 2.15. The Morgan fingerprint density at radius 1 is 1.14 bits per heavy atom. The number of fused-ring (bicyclic) bond motifs is 2. The molecule has 0 amide bonds. The molecule has 28 heavy (non-hydrogen) atoms. The lowest BCUT2D eigenvalue weighted by molar-refractivity contribution is -0.142. The fourth-order valence-corrected chi connectivity index (χ4v) is 3.15. The number of carbonyl (C=O) groups is 1. The average molecular weight is 398 g/mol. The Balaban J connectivity index is 1.78. The van der Waals surface area contributed by atoms with Crippen LogP contribution in [0.4, 0.5) is 0 Å². The normalized spacial score (nSPS) is 11.2. The van der Waals surface area contributed by atoms with Crippen LogP contribution in [-0.2, 0) is 22.5 Å². The molecule has 3 aromatic heterocycles. The first kappa shape index (κ1) is 18.1. The summed E-state index contributed by atoms with van der Waals surface area (Å²) in [5, 5.41) is 10.4. The summed E-state index contributed by atoms with van der Waals surface area (Å²) in [4.78, 5) is 29.2. The van der Waals surface area contributed by atoms with Crippen molar-refractivity contribution in [2.45, 2.75) is 19.9 Å². The number of hydrogen-bond donors (Lipinski definition) is 0. The maximum atomic E-state index is 12.9. The lowest BCUT2D eigenvalue weighted by atomic mass is 10.1. The predicted octanol–water partition coefficient (Wildman–Crippen LogP) is 2.25.